The summed E-state index contributed by atoms with van der Waals surface area (Å²) < 4.78 is 18.3. The quantitative estimate of drug-likeness (QED) is 0.860. The number of hydrogen-bond donors (Lipinski definition) is 0. The summed E-state index contributed by atoms with van der Waals surface area (Å²) in [5.41, 5.74) is 0.516. The molecule has 1 saturated heterocycles. The van der Waals surface area contributed by atoms with Crippen molar-refractivity contribution in [2.45, 2.75) is 26.3 Å². The van der Waals surface area contributed by atoms with Crippen LogP contribution >= 0.6 is 0 Å². The first-order valence-corrected chi connectivity index (χ1v) is 8.20. The lowest BCUT2D eigenvalue weighted by Crippen LogP contribution is -2.49. The molecule has 1 aromatic carbocycles. The molecule has 0 aliphatic carbocycles. The molecule has 128 valence electrons. The summed E-state index contributed by atoms with van der Waals surface area (Å²) in [6.07, 6.45) is 0.746. The minimum atomic E-state index is -0.337. The van der Waals surface area contributed by atoms with Crippen LogP contribution in [0.1, 0.15) is 42.0 Å². The van der Waals surface area contributed by atoms with Crippen LogP contribution in [0.4, 0.5) is 4.39 Å². The summed E-state index contributed by atoms with van der Waals surface area (Å²) in [6.45, 7) is 6.73. The van der Waals surface area contributed by atoms with E-state index in [4.69, 9.17) is 4.52 Å². The number of halogens is 1. The molecule has 2 heterocycles. The van der Waals surface area contributed by atoms with Gasteiger partial charge in [0.25, 0.3) is 5.91 Å². The summed E-state index contributed by atoms with van der Waals surface area (Å²) in [4.78, 5) is 20.8. The van der Waals surface area contributed by atoms with E-state index in [9.17, 15) is 9.18 Å². The van der Waals surface area contributed by atoms with Gasteiger partial charge in [0, 0.05) is 38.2 Å². The largest absolute Gasteiger partial charge is 0.338 e. The topological polar surface area (TPSA) is 62.5 Å². The number of piperazine rings is 1. The van der Waals surface area contributed by atoms with E-state index in [-0.39, 0.29) is 17.8 Å². The number of carbonyl (C=O) groups is 1. The molecule has 0 spiro atoms. The van der Waals surface area contributed by atoms with Gasteiger partial charge in [-0.05, 0) is 31.2 Å². The zero-order valence-electron chi connectivity index (χ0n) is 13.9. The van der Waals surface area contributed by atoms with Crippen LogP contribution in [0.3, 0.4) is 0 Å². The van der Waals surface area contributed by atoms with Gasteiger partial charge < -0.3 is 9.42 Å². The highest BCUT2D eigenvalue weighted by atomic mass is 19.1. The molecule has 1 aliphatic rings. The average molecular weight is 332 g/mol. The Morgan fingerprint density at radius 3 is 2.50 bits per heavy atom. The number of benzene rings is 1. The Morgan fingerprint density at radius 2 is 1.92 bits per heavy atom. The van der Waals surface area contributed by atoms with E-state index < -0.39 is 0 Å². The Morgan fingerprint density at radius 1 is 1.25 bits per heavy atom. The van der Waals surface area contributed by atoms with Gasteiger partial charge in [-0.3, -0.25) is 9.69 Å². The second-order valence-corrected chi connectivity index (χ2v) is 5.91. The zero-order valence-corrected chi connectivity index (χ0v) is 13.9. The fraction of sp³-hybridized carbons (Fsp3) is 0.471. The van der Waals surface area contributed by atoms with Gasteiger partial charge in [-0.2, -0.15) is 4.98 Å². The summed E-state index contributed by atoms with van der Waals surface area (Å²) in [5.74, 6) is 0.927. The van der Waals surface area contributed by atoms with Gasteiger partial charge in [0.15, 0.2) is 5.82 Å². The molecular formula is C17H21FN4O2. The maximum atomic E-state index is 13.0. The van der Waals surface area contributed by atoms with E-state index in [1.165, 1.54) is 24.3 Å². The SMILES string of the molecule is CCc1noc([C@@H](C)N2CCN(C(=O)c3ccc(F)cc3)CC2)n1. The van der Waals surface area contributed by atoms with Gasteiger partial charge in [-0.1, -0.05) is 12.1 Å². The molecule has 1 fully saturated rings. The first-order valence-electron chi connectivity index (χ1n) is 8.20. The van der Waals surface area contributed by atoms with Crippen LogP contribution in [0.15, 0.2) is 28.8 Å². The zero-order chi connectivity index (χ0) is 17.1. The van der Waals surface area contributed by atoms with Crippen LogP contribution in [-0.2, 0) is 6.42 Å². The van der Waals surface area contributed by atoms with Gasteiger partial charge >= 0.3 is 0 Å². The molecule has 1 aliphatic heterocycles. The molecule has 1 amide bonds. The molecule has 0 unspecified atom stereocenters. The molecule has 3 rings (SSSR count). The lowest BCUT2D eigenvalue weighted by molar-refractivity contribution is 0.0551. The molecule has 1 atom stereocenters. The molecule has 0 bridgehead atoms. The average Bonchev–Trinajstić information content (AvgIpc) is 3.10. The van der Waals surface area contributed by atoms with Crippen molar-refractivity contribution in [1.82, 2.24) is 19.9 Å². The number of aryl methyl sites for hydroxylation is 1. The van der Waals surface area contributed by atoms with Crippen molar-refractivity contribution in [3.8, 4) is 0 Å². The number of rotatable bonds is 4. The Balaban J connectivity index is 1.58. The minimum Gasteiger partial charge on any atom is -0.338 e. The molecule has 1 aromatic heterocycles. The van der Waals surface area contributed by atoms with Crippen molar-refractivity contribution in [1.29, 1.82) is 0 Å². The van der Waals surface area contributed by atoms with Crippen molar-refractivity contribution in [3.05, 3.63) is 47.4 Å². The molecule has 0 saturated carbocycles. The van der Waals surface area contributed by atoms with Crippen LogP contribution < -0.4 is 0 Å². The van der Waals surface area contributed by atoms with Crippen molar-refractivity contribution in [3.63, 3.8) is 0 Å². The fourth-order valence-corrected chi connectivity index (χ4v) is 2.82. The monoisotopic (exact) mass is 332 g/mol. The van der Waals surface area contributed by atoms with Gasteiger partial charge in [-0.15, -0.1) is 0 Å². The second-order valence-electron chi connectivity index (χ2n) is 5.91. The predicted molar refractivity (Wildman–Crippen MR) is 86.0 cm³/mol. The first-order chi connectivity index (χ1) is 11.6. The molecule has 24 heavy (non-hydrogen) atoms. The third-order valence-electron chi connectivity index (χ3n) is 4.40. The molecule has 7 heteroatoms. The molecule has 0 radical (unpaired) electrons. The van der Waals surface area contributed by atoms with Crippen LogP contribution in [0.5, 0.6) is 0 Å². The molecule has 6 nitrogen and oxygen atoms in total. The lowest BCUT2D eigenvalue weighted by atomic mass is 10.1. The number of aromatic nitrogens is 2. The van der Waals surface area contributed by atoms with Gasteiger partial charge in [0.1, 0.15) is 5.82 Å². The van der Waals surface area contributed by atoms with E-state index in [1.807, 2.05) is 13.8 Å². The Bertz CT molecular complexity index is 693. The van der Waals surface area contributed by atoms with Crippen molar-refractivity contribution < 1.29 is 13.7 Å². The van der Waals surface area contributed by atoms with E-state index in [1.54, 1.807) is 4.90 Å². The third kappa shape index (κ3) is 3.46. The number of hydrogen-bond acceptors (Lipinski definition) is 5. The van der Waals surface area contributed by atoms with Crippen LogP contribution in [0, 0.1) is 5.82 Å². The maximum absolute atomic E-state index is 13.0. The van der Waals surface area contributed by atoms with Gasteiger partial charge in [0.05, 0.1) is 6.04 Å². The first kappa shape index (κ1) is 16.6. The summed E-state index contributed by atoms with van der Waals surface area (Å²) in [7, 11) is 0. The number of carbonyl (C=O) groups excluding carboxylic acids is 1. The highest BCUT2D eigenvalue weighted by Gasteiger charge is 2.27. The Kier molecular flexibility index (Phi) is 4.89. The summed E-state index contributed by atoms with van der Waals surface area (Å²) in [5, 5.41) is 3.93. The maximum Gasteiger partial charge on any atom is 0.253 e. The van der Waals surface area contributed by atoms with Crippen molar-refractivity contribution in [2.24, 2.45) is 0 Å². The second kappa shape index (κ2) is 7.09. The number of amides is 1. The Labute approximate surface area is 140 Å². The van der Waals surface area contributed by atoms with Gasteiger partial charge in [-0.25, -0.2) is 4.39 Å². The molecule has 2 aromatic rings. The van der Waals surface area contributed by atoms with Crippen molar-refractivity contribution in [2.75, 3.05) is 26.2 Å². The number of nitrogens with zero attached hydrogens (tertiary/aromatic N) is 4. The summed E-state index contributed by atoms with van der Waals surface area (Å²) >= 11 is 0. The Hall–Kier alpha value is -2.28. The lowest BCUT2D eigenvalue weighted by Gasteiger charge is -2.36. The molecule has 0 N–H and O–H groups in total. The highest BCUT2D eigenvalue weighted by Crippen LogP contribution is 2.21. The van der Waals surface area contributed by atoms with E-state index in [0.717, 1.165) is 19.5 Å². The summed E-state index contributed by atoms with van der Waals surface area (Å²) in [6, 6.07) is 5.70. The highest BCUT2D eigenvalue weighted by molar-refractivity contribution is 5.94. The fourth-order valence-electron chi connectivity index (χ4n) is 2.82. The third-order valence-corrected chi connectivity index (χ3v) is 4.40. The molecular weight excluding hydrogens is 311 g/mol. The minimum absolute atomic E-state index is 0.0286. The normalized spacial score (nSPS) is 17.0. The van der Waals surface area contributed by atoms with Crippen LogP contribution in [0.25, 0.3) is 0 Å². The predicted octanol–water partition coefficient (Wildman–Crippen LogP) is 2.29. The van der Waals surface area contributed by atoms with E-state index >= 15 is 0 Å². The van der Waals surface area contributed by atoms with E-state index in [2.05, 4.69) is 15.0 Å². The van der Waals surface area contributed by atoms with Gasteiger partial charge in [0.2, 0.25) is 5.89 Å². The standard InChI is InChI=1S/C17H21FN4O2/c1-3-15-19-16(24-20-15)12(2)21-8-10-22(11-9-21)17(23)13-4-6-14(18)7-5-13/h4-7,12H,3,8-11H2,1-2H3/t12-/m1/s1. The van der Waals surface area contributed by atoms with Crippen LogP contribution in [-0.4, -0.2) is 52.0 Å². The smallest absolute Gasteiger partial charge is 0.253 e. The van der Waals surface area contributed by atoms with E-state index in [0.29, 0.717) is 30.4 Å². The van der Waals surface area contributed by atoms with Crippen LogP contribution in [0.2, 0.25) is 0 Å². The van der Waals surface area contributed by atoms with Crippen molar-refractivity contribution >= 4 is 5.91 Å².